The molecule has 0 saturated carbocycles. The average molecular weight is 316 g/mol. The molecule has 1 atom stereocenters. The summed E-state index contributed by atoms with van der Waals surface area (Å²) >= 11 is 12.3. The first kappa shape index (κ1) is 15.3. The van der Waals surface area contributed by atoms with Crippen LogP contribution < -0.4 is 5.73 Å². The van der Waals surface area contributed by atoms with Gasteiger partial charge in [-0.25, -0.2) is 4.39 Å². The number of aryl methyl sites for hydroxylation is 2. The van der Waals surface area contributed by atoms with Gasteiger partial charge in [0.1, 0.15) is 5.82 Å². The Balaban J connectivity index is 2.35. The Morgan fingerprint density at radius 2 is 2.10 bits per heavy atom. The largest absolute Gasteiger partial charge is 0.323 e. The lowest BCUT2D eigenvalue weighted by Gasteiger charge is -2.15. The molecule has 1 aromatic heterocycles. The predicted octanol–water partition coefficient (Wildman–Crippen LogP) is 3.90. The van der Waals surface area contributed by atoms with Crippen LogP contribution in [0.2, 0.25) is 10.0 Å². The van der Waals surface area contributed by atoms with Gasteiger partial charge in [0.05, 0.1) is 16.4 Å². The minimum Gasteiger partial charge on any atom is -0.323 e. The van der Waals surface area contributed by atoms with Gasteiger partial charge in [0.25, 0.3) is 0 Å². The van der Waals surface area contributed by atoms with E-state index in [9.17, 15) is 4.39 Å². The van der Waals surface area contributed by atoms with E-state index < -0.39 is 11.9 Å². The third-order valence-corrected chi connectivity index (χ3v) is 4.06. The molecule has 3 nitrogen and oxygen atoms in total. The molecule has 0 bridgehead atoms. The molecule has 2 aromatic rings. The third-order valence-electron chi connectivity index (χ3n) is 3.24. The summed E-state index contributed by atoms with van der Waals surface area (Å²) in [6.07, 6.45) is 0.383. The van der Waals surface area contributed by atoms with Crippen LogP contribution in [-0.2, 0) is 13.0 Å². The van der Waals surface area contributed by atoms with Crippen molar-refractivity contribution in [3.05, 3.63) is 51.0 Å². The zero-order valence-electron chi connectivity index (χ0n) is 11.3. The molecule has 0 aliphatic heterocycles. The Morgan fingerprint density at radius 3 is 2.70 bits per heavy atom. The summed E-state index contributed by atoms with van der Waals surface area (Å²) in [5.74, 6) is -0.402. The van der Waals surface area contributed by atoms with Crippen molar-refractivity contribution in [1.82, 2.24) is 9.78 Å². The summed E-state index contributed by atoms with van der Waals surface area (Å²) < 4.78 is 15.7. The Hall–Kier alpha value is -1.10. The van der Waals surface area contributed by atoms with Gasteiger partial charge in [-0.2, -0.15) is 5.10 Å². The van der Waals surface area contributed by atoms with Crippen LogP contribution >= 0.6 is 23.2 Å². The van der Waals surface area contributed by atoms with Gasteiger partial charge < -0.3 is 5.73 Å². The summed E-state index contributed by atoms with van der Waals surface area (Å²) in [6.45, 7) is 4.48. The maximum Gasteiger partial charge on any atom is 0.129 e. The summed E-state index contributed by atoms with van der Waals surface area (Å²) in [7, 11) is 0. The van der Waals surface area contributed by atoms with Crippen molar-refractivity contribution in [2.75, 3.05) is 0 Å². The van der Waals surface area contributed by atoms with Crippen molar-refractivity contribution in [3.63, 3.8) is 0 Å². The monoisotopic (exact) mass is 315 g/mol. The molecule has 1 aromatic carbocycles. The maximum absolute atomic E-state index is 13.9. The minimum absolute atomic E-state index is 0.312. The lowest BCUT2D eigenvalue weighted by molar-refractivity contribution is 0.555. The van der Waals surface area contributed by atoms with E-state index in [2.05, 4.69) is 5.10 Å². The highest BCUT2D eigenvalue weighted by Crippen LogP contribution is 2.29. The zero-order chi connectivity index (χ0) is 14.9. The molecular formula is C14H16Cl2FN3. The standard InChI is InChI=1S/C14H16Cl2FN3/c1-3-20-12(14(16)8(2)19-20)7-11(18)13-9(15)5-4-6-10(13)17/h4-6,11H,3,7,18H2,1-2H3. The van der Waals surface area contributed by atoms with E-state index >= 15 is 0 Å². The summed E-state index contributed by atoms with van der Waals surface area (Å²) in [5, 5.41) is 5.23. The second-order valence-electron chi connectivity index (χ2n) is 4.61. The number of halogens is 3. The van der Waals surface area contributed by atoms with Gasteiger partial charge >= 0.3 is 0 Å². The van der Waals surface area contributed by atoms with E-state index in [0.717, 1.165) is 11.4 Å². The second-order valence-corrected chi connectivity index (χ2v) is 5.39. The average Bonchev–Trinajstić information content (AvgIpc) is 2.66. The molecule has 0 aliphatic carbocycles. The highest BCUT2D eigenvalue weighted by molar-refractivity contribution is 6.32. The number of rotatable bonds is 4. The lowest BCUT2D eigenvalue weighted by Crippen LogP contribution is -2.18. The van der Waals surface area contributed by atoms with Gasteiger partial charge in [0.15, 0.2) is 0 Å². The number of benzene rings is 1. The Kier molecular flexibility index (Phi) is 4.68. The molecule has 2 N–H and O–H groups in total. The van der Waals surface area contributed by atoms with Gasteiger partial charge in [-0.1, -0.05) is 29.3 Å². The molecule has 0 amide bonds. The number of hydrogen-bond donors (Lipinski definition) is 1. The van der Waals surface area contributed by atoms with Crippen LogP contribution in [-0.4, -0.2) is 9.78 Å². The fourth-order valence-corrected chi connectivity index (χ4v) is 2.75. The molecule has 0 saturated heterocycles. The van der Waals surface area contributed by atoms with Crippen LogP contribution in [0.5, 0.6) is 0 Å². The molecule has 1 unspecified atom stereocenters. The van der Waals surface area contributed by atoms with Crippen LogP contribution in [0.25, 0.3) is 0 Å². The van der Waals surface area contributed by atoms with Crippen LogP contribution in [0.15, 0.2) is 18.2 Å². The normalized spacial score (nSPS) is 12.7. The van der Waals surface area contributed by atoms with Crippen molar-refractivity contribution in [3.8, 4) is 0 Å². The first-order chi connectivity index (χ1) is 9.45. The zero-order valence-corrected chi connectivity index (χ0v) is 12.8. The molecule has 0 aliphatic rings. The van der Waals surface area contributed by atoms with E-state index in [1.807, 2.05) is 13.8 Å². The number of aromatic nitrogens is 2. The molecule has 20 heavy (non-hydrogen) atoms. The van der Waals surface area contributed by atoms with Gasteiger partial charge in [-0.15, -0.1) is 0 Å². The van der Waals surface area contributed by atoms with Crippen LogP contribution in [0.4, 0.5) is 4.39 Å². The van der Waals surface area contributed by atoms with Crippen molar-refractivity contribution >= 4 is 23.2 Å². The van der Waals surface area contributed by atoms with Gasteiger partial charge in [0, 0.05) is 29.6 Å². The Labute approximate surface area is 127 Å². The SMILES string of the molecule is CCn1nc(C)c(Cl)c1CC(N)c1c(F)cccc1Cl. The highest BCUT2D eigenvalue weighted by Gasteiger charge is 2.20. The number of nitrogens with zero attached hydrogens (tertiary/aromatic N) is 2. The molecule has 1 heterocycles. The van der Waals surface area contributed by atoms with E-state index in [1.165, 1.54) is 6.07 Å². The number of hydrogen-bond acceptors (Lipinski definition) is 2. The van der Waals surface area contributed by atoms with Gasteiger partial charge in [-0.05, 0) is 26.0 Å². The smallest absolute Gasteiger partial charge is 0.129 e. The number of nitrogens with two attached hydrogens (primary N) is 1. The topological polar surface area (TPSA) is 43.8 Å². The molecule has 0 spiro atoms. The first-order valence-corrected chi connectivity index (χ1v) is 7.12. The summed E-state index contributed by atoms with van der Waals surface area (Å²) in [5.41, 5.74) is 7.97. The van der Waals surface area contributed by atoms with Crippen molar-refractivity contribution < 1.29 is 4.39 Å². The molecule has 0 radical (unpaired) electrons. The van der Waals surface area contributed by atoms with E-state index in [4.69, 9.17) is 28.9 Å². The van der Waals surface area contributed by atoms with E-state index in [1.54, 1.807) is 16.8 Å². The summed E-state index contributed by atoms with van der Waals surface area (Å²) in [6, 6.07) is 3.97. The molecule has 0 fully saturated rings. The Bertz CT molecular complexity index is 605. The first-order valence-electron chi connectivity index (χ1n) is 6.37. The second kappa shape index (κ2) is 6.12. The molecule has 6 heteroatoms. The van der Waals surface area contributed by atoms with Crippen LogP contribution in [0.3, 0.4) is 0 Å². The third kappa shape index (κ3) is 2.82. The fourth-order valence-electron chi connectivity index (χ4n) is 2.24. The van der Waals surface area contributed by atoms with Gasteiger partial charge in [0.2, 0.25) is 0 Å². The highest BCUT2D eigenvalue weighted by atomic mass is 35.5. The minimum atomic E-state index is -0.567. The van der Waals surface area contributed by atoms with Crippen LogP contribution in [0.1, 0.15) is 29.9 Å². The van der Waals surface area contributed by atoms with Crippen LogP contribution in [0, 0.1) is 12.7 Å². The Morgan fingerprint density at radius 1 is 1.40 bits per heavy atom. The summed E-state index contributed by atoms with van der Waals surface area (Å²) in [4.78, 5) is 0. The van der Waals surface area contributed by atoms with Crippen molar-refractivity contribution in [1.29, 1.82) is 0 Å². The fraction of sp³-hybridized carbons (Fsp3) is 0.357. The maximum atomic E-state index is 13.9. The van der Waals surface area contributed by atoms with Gasteiger partial charge in [-0.3, -0.25) is 4.68 Å². The van der Waals surface area contributed by atoms with Crippen molar-refractivity contribution in [2.45, 2.75) is 32.9 Å². The molecule has 108 valence electrons. The quantitative estimate of drug-likeness (QED) is 0.929. The predicted molar refractivity (Wildman–Crippen MR) is 79.7 cm³/mol. The molecular weight excluding hydrogens is 300 g/mol. The van der Waals surface area contributed by atoms with E-state index in [-0.39, 0.29) is 0 Å². The van der Waals surface area contributed by atoms with Crippen molar-refractivity contribution in [2.24, 2.45) is 5.73 Å². The molecule has 2 rings (SSSR count). The lowest BCUT2D eigenvalue weighted by atomic mass is 10.0. The van der Waals surface area contributed by atoms with E-state index in [0.29, 0.717) is 28.6 Å².